The van der Waals surface area contributed by atoms with Crippen LogP contribution in [-0.2, 0) is 13.0 Å². The second kappa shape index (κ2) is 5.08. The van der Waals surface area contributed by atoms with Crippen LogP contribution in [0.1, 0.15) is 29.2 Å². The molecule has 0 spiro atoms. The van der Waals surface area contributed by atoms with Crippen molar-refractivity contribution in [2.24, 2.45) is 0 Å². The normalized spacial score (nSPS) is 21.2. The smallest absolute Gasteiger partial charge is 0.124 e. The van der Waals surface area contributed by atoms with Crippen molar-refractivity contribution >= 4 is 5.69 Å². The van der Waals surface area contributed by atoms with E-state index in [-0.39, 0.29) is 0 Å². The monoisotopic (exact) mass is 280 g/mol. The maximum atomic E-state index is 6.18. The summed E-state index contributed by atoms with van der Waals surface area (Å²) in [7, 11) is 0. The van der Waals surface area contributed by atoms with Gasteiger partial charge < -0.3 is 10.5 Å². The highest BCUT2D eigenvalue weighted by molar-refractivity contribution is 5.52. The molecule has 1 unspecified atom stereocenters. The molecule has 2 N–H and O–H groups in total. The molecule has 3 heteroatoms. The van der Waals surface area contributed by atoms with Crippen molar-refractivity contribution in [1.29, 1.82) is 0 Å². The average Bonchev–Trinajstić information content (AvgIpc) is 2.54. The molecule has 0 saturated heterocycles. The Bertz CT molecular complexity index is 668. The lowest BCUT2D eigenvalue weighted by Gasteiger charge is -2.38. The van der Waals surface area contributed by atoms with Gasteiger partial charge in [0.15, 0.2) is 0 Å². The van der Waals surface area contributed by atoms with Gasteiger partial charge in [0.1, 0.15) is 5.75 Å². The topological polar surface area (TPSA) is 38.5 Å². The molecule has 0 saturated carbocycles. The fourth-order valence-corrected chi connectivity index (χ4v) is 3.60. The van der Waals surface area contributed by atoms with E-state index in [1.807, 2.05) is 12.1 Å². The van der Waals surface area contributed by atoms with Crippen LogP contribution in [0, 0.1) is 0 Å². The molecule has 2 aliphatic rings. The third kappa shape index (κ3) is 2.18. The van der Waals surface area contributed by atoms with Crippen LogP contribution in [0.15, 0.2) is 42.5 Å². The van der Waals surface area contributed by atoms with E-state index in [1.54, 1.807) is 0 Å². The number of nitrogens with zero attached hydrogens (tertiary/aromatic N) is 1. The summed E-state index contributed by atoms with van der Waals surface area (Å²) >= 11 is 0. The van der Waals surface area contributed by atoms with Crippen LogP contribution in [-0.4, -0.2) is 18.1 Å². The van der Waals surface area contributed by atoms with E-state index in [9.17, 15) is 0 Å². The van der Waals surface area contributed by atoms with Gasteiger partial charge in [-0.1, -0.05) is 30.3 Å². The molecule has 4 rings (SSSR count). The molecule has 0 aliphatic carbocycles. The Kier molecular flexibility index (Phi) is 3.08. The summed E-state index contributed by atoms with van der Waals surface area (Å²) in [5, 5.41) is 0. The molecule has 21 heavy (non-hydrogen) atoms. The van der Waals surface area contributed by atoms with E-state index in [2.05, 4.69) is 35.2 Å². The highest BCUT2D eigenvalue weighted by atomic mass is 16.5. The van der Waals surface area contributed by atoms with Gasteiger partial charge in [0.05, 0.1) is 6.61 Å². The summed E-state index contributed by atoms with van der Waals surface area (Å²) in [6, 6.07) is 15.2. The van der Waals surface area contributed by atoms with Crippen LogP contribution in [0.3, 0.4) is 0 Å². The molecule has 3 nitrogen and oxygen atoms in total. The molecule has 0 aromatic heterocycles. The number of anilines is 1. The third-order valence-electron chi connectivity index (χ3n) is 4.71. The van der Waals surface area contributed by atoms with Gasteiger partial charge >= 0.3 is 0 Å². The summed E-state index contributed by atoms with van der Waals surface area (Å²) in [4.78, 5) is 2.56. The predicted octanol–water partition coefficient (Wildman–Crippen LogP) is 3.15. The third-order valence-corrected chi connectivity index (χ3v) is 4.71. The fraction of sp³-hybridized carbons (Fsp3) is 0.333. The SMILES string of the molecule is Nc1cccc2c1CN(C1CCOc3ccccc31)CC2. The molecule has 2 aromatic carbocycles. The van der Waals surface area contributed by atoms with Crippen LogP contribution in [0.25, 0.3) is 0 Å². The Morgan fingerprint density at radius 2 is 2.00 bits per heavy atom. The lowest BCUT2D eigenvalue weighted by Crippen LogP contribution is -2.36. The van der Waals surface area contributed by atoms with Gasteiger partial charge in [-0.25, -0.2) is 0 Å². The fourth-order valence-electron chi connectivity index (χ4n) is 3.60. The van der Waals surface area contributed by atoms with Crippen LogP contribution < -0.4 is 10.5 Å². The van der Waals surface area contributed by atoms with Gasteiger partial charge in [-0.2, -0.15) is 0 Å². The summed E-state index contributed by atoms with van der Waals surface area (Å²) in [6.45, 7) is 2.84. The first-order chi connectivity index (χ1) is 10.3. The molecule has 2 aliphatic heterocycles. The van der Waals surface area contributed by atoms with Gasteiger partial charge in [-0.05, 0) is 29.7 Å². The zero-order valence-corrected chi connectivity index (χ0v) is 12.1. The van der Waals surface area contributed by atoms with Crippen LogP contribution >= 0.6 is 0 Å². The maximum Gasteiger partial charge on any atom is 0.124 e. The van der Waals surface area contributed by atoms with Crippen LogP contribution in [0.5, 0.6) is 5.75 Å². The Morgan fingerprint density at radius 1 is 1.10 bits per heavy atom. The second-order valence-electron chi connectivity index (χ2n) is 5.90. The highest BCUT2D eigenvalue weighted by Crippen LogP contribution is 2.38. The van der Waals surface area contributed by atoms with E-state index in [0.717, 1.165) is 44.0 Å². The Balaban J connectivity index is 1.66. The number of hydrogen-bond acceptors (Lipinski definition) is 3. The van der Waals surface area contributed by atoms with Crippen molar-refractivity contribution in [1.82, 2.24) is 4.90 Å². The van der Waals surface area contributed by atoms with Crippen molar-refractivity contribution < 1.29 is 4.74 Å². The molecule has 0 amide bonds. The first-order valence-corrected chi connectivity index (χ1v) is 7.65. The van der Waals surface area contributed by atoms with Gasteiger partial charge in [0.2, 0.25) is 0 Å². The molecule has 1 atom stereocenters. The van der Waals surface area contributed by atoms with Crippen molar-refractivity contribution in [3.8, 4) is 5.75 Å². The van der Waals surface area contributed by atoms with Gasteiger partial charge in [-0.15, -0.1) is 0 Å². The van der Waals surface area contributed by atoms with Crippen molar-refractivity contribution in [3.63, 3.8) is 0 Å². The highest BCUT2D eigenvalue weighted by Gasteiger charge is 2.29. The number of ether oxygens (including phenoxy) is 1. The molecule has 108 valence electrons. The van der Waals surface area contributed by atoms with Gasteiger partial charge in [-0.3, -0.25) is 4.90 Å². The standard InChI is InChI=1S/C18H20N2O/c19-16-6-3-4-13-8-10-20(12-15(13)16)17-9-11-21-18-7-2-1-5-14(17)18/h1-7,17H,8-12,19H2. The van der Waals surface area contributed by atoms with Crippen molar-refractivity contribution in [3.05, 3.63) is 59.2 Å². The first-order valence-electron chi connectivity index (χ1n) is 7.65. The van der Waals surface area contributed by atoms with Crippen LogP contribution in [0.4, 0.5) is 5.69 Å². The summed E-state index contributed by atoms with van der Waals surface area (Å²) < 4.78 is 5.79. The molecular formula is C18H20N2O. The number of fused-ring (bicyclic) bond motifs is 2. The summed E-state index contributed by atoms with van der Waals surface area (Å²) in [5.74, 6) is 1.04. The van der Waals surface area contributed by atoms with E-state index in [4.69, 9.17) is 10.5 Å². The zero-order valence-electron chi connectivity index (χ0n) is 12.1. The summed E-state index contributed by atoms with van der Waals surface area (Å²) in [5.41, 5.74) is 11.1. The van der Waals surface area contributed by atoms with E-state index >= 15 is 0 Å². The van der Waals surface area contributed by atoms with Gasteiger partial charge in [0.25, 0.3) is 0 Å². The molecular weight excluding hydrogens is 260 g/mol. The van der Waals surface area contributed by atoms with Gasteiger partial charge in [0, 0.05) is 36.8 Å². The number of nitrogen functional groups attached to an aromatic ring is 1. The number of benzene rings is 2. The minimum atomic E-state index is 0.447. The number of hydrogen-bond donors (Lipinski definition) is 1. The predicted molar refractivity (Wildman–Crippen MR) is 84.3 cm³/mol. The lowest BCUT2D eigenvalue weighted by molar-refractivity contribution is 0.128. The Hall–Kier alpha value is -2.00. The van der Waals surface area contributed by atoms with Crippen molar-refractivity contribution in [2.45, 2.75) is 25.4 Å². The number of rotatable bonds is 1. The quantitative estimate of drug-likeness (QED) is 0.816. The molecule has 2 heterocycles. The zero-order chi connectivity index (χ0) is 14.2. The Morgan fingerprint density at radius 3 is 2.95 bits per heavy atom. The molecule has 0 fully saturated rings. The Labute approximate surface area is 125 Å². The lowest BCUT2D eigenvalue weighted by atomic mass is 9.93. The largest absolute Gasteiger partial charge is 0.493 e. The number of para-hydroxylation sites is 1. The molecule has 0 radical (unpaired) electrons. The number of nitrogens with two attached hydrogens (primary N) is 1. The average molecular weight is 280 g/mol. The van der Waals surface area contributed by atoms with E-state index in [1.165, 1.54) is 16.7 Å². The first kappa shape index (κ1) is 12.7. The van der Waals surface area contributed by atoms with E-state index < -0.39 is 0 Å². The van der Waals surface area contributed by atoms with Crippen molar-refractivity contribution in [2.75, 3.05) is 18.9 Å². The van der Waals surface area contributed by atoms with Crippen LogP contribution in [0.2, 0.25) is 0 Å². The minimum absolute atomic E-state index is 0.447. The molecule has 0 bridgehead atoms. The summed E-state index contributed by atoms with van der Waals surface area (Å²) in [6.07, 6.45) is 2.14. The second-order valence-corrected chi connectivity index (χ2v) is 5.90. The maximum absolute atomic E-state index is 6.18. The van der Waals surface area contributed by atoms with E-state index in [0.29, 0.717) is 6.04 Å². The minimum Gasteiger partial charge on any atom is -0.493 e. The molecule has 2 aromatic rings.